The highest BCUT2D eigenvalue weighted by atomic mass is 35.5. The fourth-order valence-corrected chi connectivity index (χ4v) is 3.93. The predicted octanol–water partition coefficient (Wildman–Crippen LogP) is 2.12. The summed E-state index contributed by atoms with van der Waals surface area (Å²) in [5.74, 6) is 0. The smallest absolute Gasteiger partial charge is 0.0790 e. The molecule has 0 aromatic rings. The predicted molar refractivity (Wildman–Crippen MR) is 64.7 cm³/mol. The number of halogens is 1. The Hall–Kier alpha value is 0.427. The van der Waals surface area contributed by atoms with E-state index in [9.17, 15) is 0 Å². The van der Waals surface area contributed by atoms with Crippen LogP contribution in [0.2, 0.25) is 13.1 Å². The van der Waals surface area contributed by atoms with Crippen molar-refractivity contribution in [3.05, 3.63) is 0 Å². The standard InChI is InChI=1S/C10H22ClNOSi/c1-13-7-10-5-4-6-12(10)9-14(2,3)8-11/h10H,4-9H2,1-3H3/t10-/m0/s1. The van der Waals surface area contributed by atoms with Crippen molar-refractivity contribution in [1.29, 1.82) is 0 Å². The van der Waals surface area contributed by atoms with Crippen molar-refractivity contribution in [1.82, 2.24) is 4.90 Å². The summed E-state index contributed by atoms with van der Waals surface area (Å²) in [5, 5.41) is 0. The van der Waals surface area contributed by atoms with Crippen LogP contribution in [0.5, 0.6) is 0 Å². The number of hydrogen-bond donors (Lipinski definition) is 0. The van der Waals surface area contributed by atoms with E-state index in [4.69, 9.17) is 16.3 Å². The van der Waals surface area contributed by atoms with E-state index in [1.54, 1.807) is 7.11 Å². The van der Waals surface area contributed by atoms with Gasteiger partial charge in [0.1, 0.15) is 0 Å². The molecule has 1 saturated heterocycles. The van der Waals surface area contributed by atoms with Crippen LogP contribution < -0.4 is 0 Å². The molecule has 1 aliphatic rings. The van der Waals surface area contributed by atoms with Gasteiger partial charge in [-0.05, 0) is 25.6 Å². The van der Waals surface area contributed by atoms with Gasteiger partial charge in [0.15, 0.2) is 0 Å². The van der Waals surface area contributed by atoms with E-state index >= 15 is 0 Å². The lowest BCUT2D eigenvalue weighted by molar-refractivity contribution is 0.124. The van der Waals surface area contributed by atoms with Gasteiger partial charge in [-0.3, -0.25) is 0 Å². The largest absolute Gasteiger partial charge is 0.383 e. The normalized spacial score (nSPS) is 24.4. The van der Waals surface area contributed by atoms with Gasteiger partial charge in [0.05, 0.1) is 14.7 Å². The zero-order chi connectivity index (χ0) is 10.6. The van der Waals surface area contributed by atoms with Crippen LogP contribution >= 0.6 is 11.6 Å². The minimum absolute atomic E-state index is 0.648. The molecule has 0 N–H and O–H groups in total. The third-order valence-corrected chi connectivity index (χ3v) is 7.01. The summed E-state index contributed by atoms with van der Waals surface area (Å²) in [6.45, 7) is 6.85. The highest BCUT2D eigenvalue weighted by molar-refractivity contribution is 6.83. The van der Waals surface area contributed by atoms with Gasteiger partial charge < -0.3 is 9.64 Å². The molecule has 0 saturated carbocycles. The lowest BCUT2D eigenvalue weighted by Crippen LogP contribution is -2.47. The van der Waals surface area contributed by atoms with Crippen LogP contribution in [-0.4, -0.2) is 50.9 Å². The first-order valence-electron chi connectivity index (χ1n) is 5.38. The van der Waals surface area contributed by atoms with Gasteiger partial charge >= 0.3 is 0 Å². The number of likely N-dealkylation sites (tertiary alicyclic amines) is 1. The molecule has 84 valence electrons. The van der Waals surface area contributed by atoms with Crippen molar-refractivity contribution in [2.24, 2.45) is 0 Å². The molecule has 0 radical (unpaired) electrons. The summed E-state index contributed by atoms with van der Waals surface area (Å²) in [5.41, 5.74) is 0.864. The van der Waals surface area contributed by atoms with Crippen LogP contribution in [0.4, 0.5) is 0 Å². The van der Waals surface area contributed by atoms with Gasteiger partial charge in [-0.2, -0.15) is 0 Å². The van der Waals surface area contributed by atoms with Gasteiger partial charge in [-0.15, -0.1) is 11.6 Å². The van der Waals surface area contributed by atoms with Crippen molar-refractivity contribution >= 4 is 19.7 Å². The maximum absolute atomic E-state index is 6.00. The molecule has 0 aliphatic carbocycles. The summed E-state index contributed by atoms with van der Waals surface area (Å²) in [4.78, 5) is 2.58. The second-order valence-electron chi connectivity index (χ2n) is 5.02. The molecule has 1 rings (SSSR count). The summed E-state index contributed by atoms with van der Waals surface area (Å²) in [6.07, 6.45) is 3.84. The van der Waals surface area contributed by atoms with Crippen LogP contribution in [0, 0.1) is 0 Å². The fourth-order valence-electron chi connectivity index (χ4n) is 2.08. The van der Waals surface area contributed by atoms with E-state index in [2.05, 4.69) is 18.0 Å². The summed E-state index contributed by atoms with van der Waals surface area (Å²) >= 11 is 6.00. The maximum Gasteiger partial charge on any atom is 0.0790 e. The molecule has 0 bridgehead atoms. The van der Waals surface area contributed by atoms with E-state index < -0.39 is 8.07 Å². The Bertz CT molecular complexity index is 178. The number of hydrogen-bond acceptors (Lipinski definition) is 2. The fraction of sp³-hybridized carbons (Fsp3) is 1.00. The quantitative estimate of drug-likeness (QED) is 0.535. The minimum Gasteiger partial charge on any atom is -0.383 e. The highest BCUT2D eigenvalue weighted by Gasteiger charge is 2.30. The molecule has 1 heterocycles. The Balaban J connectivity index is 2.42. The highest BCUT2D eigenvalue weighted by Crippen LogP contribution is 2.20. The van der Waals surface area contributed by atoms with Gasteiger partial charge in [-0.25, -0.2) is 0 Å². The third-order valence-electron chi connectivity index (χ3n) is 2.85. The zero-order valence-electron chi connectivity index (χ0n) is 9.55. The molecule has 0 aromatic heterocycles. The number of nitrogens with zero attached hydrogens (tertiary/aromatic N) is 1. The molecule has 0 aromatic carbocycles. The van der Waals surface area contributed by atoms with Crippen LogP contribution in [0.25, 0.3) is 0 Å². The molecule has 2 nitrogen and oxygen atoms in total. The average Bonchev–Trinajstić information content (AvgIpc) is 2.53. The Morgan fingerprint density at radius 3 is 2.79 bits per heavy atom. The van der Waals surface area contributed by atoms with Gasteiger partial charge in [0.25, 0.3) is 0 Å². The van der Waals surface area contributed by atoms with Gasteiger partial charge in [-0.1, -0.05) is 13.1 Å². The first kappa shape index (κ1) is 12.5. The summed E-state index contributed by atoms with van der Waals surface area (Å²) < 4.78 is 5.24. The summed E-state index contributed by atoms with van der Waals surface area (Å²) in [6, 6.07) is 0.648. The van der Waals surface area contributed by atoms with Crippen LogP contribution in [0.15, 0.2) is 0 Å². The SMILES string of the molecule is COC[C@@H]1CCCN1C[Si](C)(C)CCl. The first-order chi connectivity index (χ1) is 6.59. The molecule has 1 aliphatic heterocycles. The number of methoxy groups -OCH3 is 1. The second kappa shape index (κ2) is 5.49. The Kier molecular flexibility index (Phi) is 4.90. The molecule has 1 atom stereocenters. The Labute approximate surface area is 93.6 Å². The van der Waals surface area contributed by atoms with Crippen LogP contribution in [0.1, 0.15) is 12.8 Å². The van der Waals surface area contributed by atoms with Crippen LogP contribution in [-0.2, 0) is 4.74 Å². The van der Waals surface area contributed by atoms with E-state index in [0.29, 0.717) is 6.04 Å². The third kappa shape index (κ3) is 3.53. The molecule has 0 amide bonds. The summed E-state index contributed by atoms with van der Waals surface area (Å²) in [7, 11) is 0.615. The zero-order valence-corrected chi connectivity index (χ0v) is 11.3. The van der Waals surface area contributed by atoms with E-state index in [1.165, 1.54) is 25.6 Å². The number of rotatable bonds is 5. The van der Waals surface area contributed by atoms with E-state index in [1.807, 2.05) is 0 Å². The van der Waals surface area contributed by atoms with Crippen molar-refractivity contribution in [3.63, 3.8) is 0 Å². The van der Waals surface area contributed by atoms with Crippen molar-refractivity contribution in [2.45, 2.75) is 32.0 Å². The van der Waals surface area contributed by atoms with E-state index in [0.717, 1.165) is 12.1 Å². The van der Waals surface area contributed by atoms with Gasteiger partial charge in [0.2, 0.25) is 0 Å². The number of ether oxygens (including phenoxy) is 1. The topological polar surface area (TPSA) is 12.5 Å². The van der Waals surface area contributed by atoms with Crippen molar-refractivity contribution < 1.29 is 4.74 Å². The molecule has 1 fully saturated rings. The molecule has 0 spiro atoms. The van der Waals surface area contributed by atoms with Gasteiger partial charge in [0, 0.05) is 18.7 Å². The molecule has 14 heavy (non-hydrogen) atoms. The first-order valence-corrected chi connectivity index (χ1v) is 9.33. The second-order valence-corrected chi connectivity index (χ2v) is 10.7. The average molecular weight is 236 g/mol. The lowest BCUT2D eigenvalue weighted by Gasteiger charge is -2.30. The van der Waals surface area contributed by atoms with Crippen molar-refractivity contribution in [3.8, 4) is 0 Å². The molecule has 4 heteroatoms. The molecular formula is C10H22ClNOSi. The molecule has 0 unspecified atom stereocenters. The van der Waals surface area contributed by atoms with Crippen molar-refractivity contribution in [2.75, 3.05) is 31.9 Å². The Morgan fingerprint density at radius 2 is 2.21 bits per heavy atom. The molecular weight excluding hydrogens is 214 g/mol. The number of alkyl halides is 1. The maximum atomic E-state index is 6.00. The Morgan fingerprint density at radius 1 is 1.50 bits per heavy atom. The minimum atomic E-state index is -1.18. The van der Waals surface area contributed by atoms with E-state index in [-0.39, 0.29) is 0 Å². The monoisotopic (exact) mass is 235 g/mol. The van der Waals surface area contributed by atoms with Crippen LogP contribution in [0.3, 0.4) is 0 Å². The lowest BCUT2D eigenvalue weighted by atomic mass is 10.2.